The zero-order valence-corrected chi connectivity index (χ0v) is 17.9. The van der Waals surface area contributed by atoms with Crippen LogP contribution in [0, 0.1) is 11.6 Å². The molecule has 0 saturated carbocycles. The first-order valence-corrected chi connectivity index (χ1v) is 10.7. The van der Waals surface area contributed by atoms with Crippen LogP contribution in [-0.2, 0) is 12.8 Å². The van der Waals surface area contributed by atoms with E-state index < -0.39 is 5.82 Å². The SMILES string of the molecule is CCCOc1ccc(-c2ccc3c(F)c(CCc4ccc(Cl)c(F)c4)ccc3c2)nc1. The highest BCUT2D eigenvalue weighted by molar-refractivity contribution is 6.30. The van der Waals surface area contributed by atoms with Crippen molar-refractivity contribution in [3.63, 3.8) is 0 Å². The third-order valence-corrected chi connectivity index (χ3v) is 5.51. The first-order valence-electron chi connectivity index (χ1n) is 10.3. The normalized spacial score (nSPS) is 11.1. The second-order valence-electron chi connectivity index (χ2n) is 7.45. The Balaban J connectivity index is 1.54. The summed E-state index contributed by atoms with van der Waals surface area (Å²) in [5.41, 5.74) is 3.11. The van der Waals surface area contributed by atoms with Gasteiger partial charge in [-0.2, -0.15) is 0 Å². The van der Waals surface area contributed by atoms with E-state index in [1.165, 1.54) is 12.1 Å². The van der Waals surface area contributed by atoms with Crippen LogP contribution in [0.15, 0.2) is 66.9 Å². The molecule has 4 aromatic rings. The minimum Gasteiger partial charge on any atom is -0.492 e. The quantitative estimate of drug-likeness (QED) is 0.300. The molecule has 1 aromatic heterocycles. The molecular formula is C26H22ClF2NO. The minimum atomic E-state index is -0.454. The zero-order chi connectivity index (χ0) is 21.8. The van der Waals surface area contributed by atoms with Gasteiger partial charge in [0.25, 0.3) is 0 Å². The largest absolute Gasteiger partial charge is 0.492 e. The van der Waals surface area contributed by atoms with E-state index in [2.05, 4.69) is 11.9 Å². The maximum Gasteiger partial charge on any atom is 0.142 e. The van der Waals surface area contributed by atoms with Crippen molar-refractivity contribution in [1.29, 1.82) is 0 Å². The summed E-state index contributed by atoms with van der Waals surface area (Å²) in [6.45, 7) is 2.71. The van der Waals surface area contributed by atoms with Crippen LogP contribution in [0.3, 0.4) is 0 Å². The topological polar surface area (TPSA) is 22.1 Å². The van der Waals surface area contributed by atoms with Crippen LogP contribution >= 0.6 is 11.6 Å². The van der Waals surface area contributed by atoms with Gasteiger partial charge in [0, 0.05) is 10.9 Å². The van der Waals surface area contributed by atoms with E-state index >= 15 is 4.39 Å². The molecule has 158 valence electrons. The number of nitrogens with zero attached hydrogens (tertiary/aromatic N) is 1. The number of ether oxygens (including phenoxy) is 1. The van der Waals surface area contributed by atoms with Gasteiger partial charge < -0.3 is 4.74 Å². The lowest BCUT2D eigenvalue weighted by Crippen LogP contribution is -1.97. The lowest BCUT2D eigenvalue weighted by atomic mass is 9.98. The molecule has 0 saturated heterocycles. The van der Waals surface area contributed by atoms with E-state index in [0.717, 1.165) is 34.4 Å². The summed E-state index contributed by atoms with van der Waals surface area (Å²) in [6, 6.07) is 17.8. The summed E-state index contributed by atoms with van der Waals surface area (Å²) < 4.78 is 34.3. The van der Waals surface area contributed by atoms with Gasteiger partial charge in [-0.1, -0.05) is 48.9 Å². The number of rotatable bonds is 7. The molecule has 0 bridgehead atoms. The average molecular weight is 438 g/mol. The number of hydrogen-bond acceptors (Lipinski definition) is 2. The van der Waals surface area contributed by atoms with Crippen molar-refractivity contribution in [3.8, 4) is 17.0 Å². The summed E-state index contributed by atoms with van der Waals surface area (Å²) in [7, 11) is 0. The fourth-order valence-corrected chi connectivity index (χ4v) is 3.64. The summed E-state index contributed by atoms with van der Waals surface area (Å²) >= 11 is 5.73. The van der Waals surface area contributed by atoms with Gasteiger partial charge in [0.1, 0.15) is 17.4 Å². The second-order valence-corrected chi connectivity index (χ2v) is 7.86. The Labute approximate surface area is 185 Å². The highest BCUT2D eigenvalue weighted by Gasteiger charge is 2.10. The van der Waals surface area contributed by atoms with Crippen molar-refractivity contribution in [2.45, 2.75) is 26.2 Å². The van der Waals surface area contributed by atoms with Gasteiger partial charge in [0.15, 0.2) is 0 Å². The van der Waals surface area contributed by atoms with Crippen LogP contribution in [-0.4, -0.2) is 11.6 Å². The molecule has 0 aliphatic heterocycles. The Morgan fingerprint density at radius 1 is 0.935 bits per heavy atom. The first kappa shape index (κ1) is 21.3. The molecule has 1 heterocycles. The van der Waals surface area contributed by atoms with Gasteiger partial charge in [0.2, 0.25) is 0 Å². The second kappa shape index (κ2) is 9.44. The Morgan fingerprint density at radius 2 is 1.81 bits per heavy atom. The monoisotopic (exact) mass is 437 g/mol. The third-order valence-electron chi connectivity index (χ3n) is 5.21. The molecule has 31 heavy (non-hydrogen) atoms. The number of aryl methyl sites for hydroxylation is 2. The number of hydrogen-bond donors (Lipinski definition) is 0. The molecule has 0 radical (unpaired) electrons. The fourth-order valence-electron chi connectivity index (χ4n) is 3.52. The number of pyridine rings is 1. The summed E-state index contributed by atoms with van der Waals surface area (Å²) in [5.74, 6) is 0.0432. The Morgan fingerprint density at radius 3 is 2.55 bits per heavy atom. The molecule has 0 N–H and O–H groups in total. The molecule has 2 nitrogen and oxygen atoms in total. The van der Waals surface area contributed by atoms with Crippen LogP contribution in [0.4, 0.5) is 8.78 Å². The summed E-state index contributed by atoms with van der Waals surface area (Å²) in [5, 5.41) is 1.46. The lowest BCUT2D eigenvalue weighted by molar-refractivity contribution is 0.316. The Bertz CT molecular complexity index is 1210. The van der Waals surface area contributed by atoms with Crippen molar-refractivity contribution in [3.05, 3.63) is 94.6 Å². The van der Waals surface area contributed by atoms with Crippen LogP contribution in [0.2, 0.25) is 5.02 Å². The number of aromatic nitrogens is 1. The van der Waals surface area contributed by atoms with E-state index in [0.29, 0.717) is 30.4 Å². The highest BCUT2D eigenvalue weighted by Crippen LogP contribution is 2.28. The van der Waals surface area contributed by atoms with Crippen LogP contribution < -0.4 is 4.74 Å². The predicted molar refractivity (Wildman–Crippen MR) is 122 cm³/mol. The average Bonchev–Trinajstić information content (AvgIpc) is 2.79. The van der Waals surface area contributed by atoms with E-state index in [4.69, 9.17) is 16.3 Å². The molecular weight excluding hydrogens is 416 g/mol. The van der Waals surface area contributed by atoms with E-state index in [1.807, 2.05) is 30.3 Å². The highest BCUT2D eigenvalue weighted by atomic mass is 35.5. The molecule has 3 aromatic carbocycles. The number of halogens is 3. The van der Waals surface area contributed by atoms with Gasteiger partial charge >= 0.3 is 0 Å². The van der Waals surface area contributed by atoms with Crippen LogP contribution in [0.25, 0.3) is 22.0 Å². The summed E-state index contributed by atoms with van der Waals surface area (Å²) in [6.07, 6.45) is 3.66. The van der Waals surface area contributed by atoms with E-state index in [1.54, 1.807) is 24.4 Å². The van der Waals surface area contributed by atoms with Crippen molar-refractivity contribution < 1.29 is 13.5 Å². The fraction of sp³-hybridized carbons (Fsp3) is 0.192. The first-order chi connectivity index (χ1) is 15.0. The summed E-state index contributed by atoms with van der Waals surface area (Å²) in [4.78, 5) is 4.47. The maximum atomic E-state index is 15.1. The Kier molecular flexibility index (Phi) is 6.47. The smallest absolute Gasteiger partial charge is 0.142 e. The van der Waals surface area contributed by atoms with Crippen molar-refractivity contribution in [1.82, 2.24) is 4.98 Å². The van der Waals surface area contributed by atoms with Crippen molar-refractivity contribution >= 4 is 22.4 Å². The van der Waals surface area contributed by atoms with E-state index in [-0.39, 0.29) is 10.8 Å². The van der Waals surface area contributed by atoms with E-state index in [9.17, 15) is 4.39 Å². The standard InChI is InChI=1S/C26H22ClF2NO/c1-2-13-31-21-9-12-25(30-16-21)20-8-10-22-19(15-20)7-6-18(26(22)29)5-3-17-4-11-23(27)24(28)14-17/h4,6-12,14-16H,2-3,5,13H2,1H3. The zero-order valence-electron chi connectivity index (χ0n) is 17.2. The molecule has 5 heteroatoms. The molecule has 0 amide bonds. The molecule has 0 unspecified atom stereocenters. The number of fused-ring (bicyclic) bond motifs is 1. The molecule has 0 atom stereocenters. The van der Waals surface area contributed by atoms with Gasteiger partial charge in [-0.25, -0.2) is 8.78 Å². The van der Waals surface area contributed by atoms with Gasteiger partial charge in [-0.05, 0) is 66.1 Å². The third kappa shape index (κ3) is 4.86. The maximum absolute atomic E-state index is 15.1. The number of benzene rings is 3. The molecule has 4 rings (SSSR count). The van der Waals surface area contributed by atoms with Crippen LogP contribution in [0.5, 0.6) is 5.75 Å². The lowest BCUT2D eigenvalue weighted by Gasteiger charge is -2.10. The van der Waals surface area contributed by atoms with Gasteiger partial charge in [-0.15, -0.1) is 0 Å². The van der Waals surface area contributed by atoms with Crippen molar-refractivity contribution in [2.75, 3.05) is 6.61 Å². The minimum absolute atomic E-state index is 0.0917. The molecule has 0 aliphatic carbocycles. The molecule has 0 spiro atoms. The van der Waals surface area contributed by atoms with Crippen LogP contribution in [0.1, 0.15) is 24.5 Å². The molecule has 0 fully saturated rings. The predicted octanol–water partition coefficient (Wildman–Crippen LogP) is 7.41. The Hall–Kier alpha value is -2.98. The molecule has 0 aliphatic rings. The van der Waals surface area contributed by atoms with Gasteiger partial charge in [-0.3, -0.25) is 4.98 Å². The van der Waals surface area contributed by atoms with Gasteiger partial charge in [0.05, 0.1) is 23.5 Å². The van der Waals surface area contributed by atoms with Crippen molar-refractivity contribution in [2.24, 2.45) is 0 Å².